The molecule has 0 spiro atoms. The molecule has 0 radical (unpaired) electrons. The van der Waals surface area contributed by atoms with E-state index < -0.39 is 17.8 Å². The van der Waals surface area contributed by atoms with Crippen LogP contribution in [0, 0.1) is 27.7 Å². The Morgan fingerprint density at radius 2 is 1.48 bits per heavy atom. The van der Waals surface area contributed by atoms with E-state index in [1.165, 1.54) is 0 Å². The van der Waals surface area contributed by atoms with Gasteiger partial charge in [-0.2, -0.15) is 0 Å². The Morgan fingerprint density at radius 3 is 2.09 bits per heavy atom. The molecule has 6 heteroatoms. The second-order valence-electron chi connectivity index (χ2n) is 8.49. The molecule has 33 heavy (non-hydrogen) atoms. The Hall–Kier alpha value is -3.93. The second kappa shape index (κ2) is 8.54. The number of aryl methyl sites for hydroxylation is 4. The van der Waals surface area contributed by atoms with E-state index >= 15 is 0 Å². The van der Waals surface area contributed by atoms with Crippen molar-refractivity contribution in [1.29, 1.82) is 0 Å². The van der Waals surface area contributed by atoms with Crippen molar-refractivity contribution < 1.29 is 14.4 Å². The van der Waals surface area contributed by atoms with Crippen molar-refractivity contribution in [2.45, 2.75) is 41.0 Å². The summed E-state index contributed by atoms with van der Waals surface area (Å²) in [6, 6.07) is 14.7. The van der Waals surface area contributed by atoms with Crippen molar-refractivity contribution in [3.8, 4) is 5.69 Å². The quantitative estimate of drug-likeness (QED) is 0.460. The topological polar surface area (TPSA) is 71.4 Å². The minimum atomic E-state index is -0.743. The molecule has 3 aromatic rings. The number of carbonyl (C=O) groups is 3. The van der Waals surface area contributed by atoms with Crippen LogP contribution < -0.4 is 10.2 Å². The van der Waals surface area contributed by atoms with Gasteiger partial charge < -0.3 is 4.57 Å². The van der Waals surface area contributed by atoms with Crippen molar-refractivity contribution in [2.24, 2.45) is 0 Å². The number of barbiturate groups is 1. The van der Waals surface area contributed by atoms with Crippen molar-refractivity contribution >= 4 is 29.6 Å². The number of benzene rings is 2. The molecule has 2 heterocycles. The lowest BCUT2D eigenvalue weighted by molar-refractivity contribution is -0.122. The van der Waals surface area contributed by atoms with Crippen molar-refractivity contribution in [3.05, 3.63) is 87.7 Å². The van der Waals surface area contributed by atoms with Crippen molar-refractivity contribution in [1.82, 2.24) is 9.88 Å². The van der Waals surface area contributed by atoms with Gasteiger partial charge in [-0.15, -0.1) is 0 Å². The van der Waals surface area contributed by atoms with Crippen LogP contribution >= 0.6 is 0 Å². The Balaban J connectivity index is 1.75. The molecule has 1 N–H and O–H groups in total. The summed E-state index contributed by atoms with van der Waals surface area (Å²) in [6.07, 6.45) is 2.42. The van der Waals surface area contributed by atoms with E-state index in [1.54, 1.807) is 18.2 Å². The Morgan fingerprint density at radius 1 is 0.848 bits per heavy atom. The van der Waals surface area contributed by atoms with Crippen LogP contribution in [0.5, 0.6) is 0 Å². The maximum atomic E-state index is 13.2. The molecule has 0 unspecified atom stereocenters. The van der Waals surface area contributed by atoms with Gasteiger partial charge in [0.1, 0.15) is 5.57 Å². The number of rotatable bonds is 4. The van der Waals surface area contributed by atoms with E-state index in [0.717, 1.165) is 50.6 Å². The lowest BCUT2D eigenvalue weighted by atomic mass is 10.1. The predicted octanol–water partition coefficient (Wildman–Crippen LogP) is 4.94. The first kappa shape index (κ1) is 22.3. The van der Waals surface area contributed by atoms with Gasteiger partial charge in [0.2, 0.25) is 0 Å². The average Bonchev–Trinajstić information content (AvgIpc) is 3.03. The third-order valence-corrected chi connectivity index (χ3v) is 5.94. The molecule has 2 aromatic carbocycles. The first-order valence-electron chi connectivity index (χ1n) is 11.0. The van der Waals surface area contributed by atoms with E-state index in [-0.39, 0.29) is 5.57 Å². The van der Waals surface area contributed by atoms with Gasteiger partial charge in [-0.25, -0.2) is 9.69 Å². The van der Waals surface area contributed by atoms with Gasteiger partial charge in [0.15, 0.2) is 0 Å². The van der Waals surface area contributed by atoms with Gasteiger partial charge in [-0.3, -0.25) is 14.9 Å². The molecule has 4 rings (SSSR count). The van der Waals surface area contributed by atoms with Crippen LogP contribution in [0.3, 0.4) is 0 Å². The minimum absolute atomic E-state index is 0.0742. The number of imide groups is 2. The molecular weight excluding hydrogens is 414 g/mol. The maximum Gasteiger partial charge on any atom is 0.335 e. The molecule has 0 atom stereocenters. The van der Waals surface area contributed by atoms with E-state index in [0.29, 0.717) is 5.69 Å². The molecule has 1 saturated heterocycles. The molecule has 0 bridgehead atoms. The number of nitrogens with one attached hydrogen (secondary N) is 1. The molecule has 0 aliphatic carbocycles. The number of carbonyl (C=O) groups excluding carboxylic acids is 3. The highest BCUT2D eigenvalue weighted by molar-refractivity contribution is 6.39. The Labute approximate surface area is 193 Å². The van der Waals surface area contributed by atoms with Crippen LogP contribution in [-0.4, -0.2) is 22.4 Å². The summed E-state index contributed by atoms with van der Waals surface area (Å²) in [5, 5.41) is 2.30. The highest BCUT2D eigenvalue weighted by Gasteiger charge is 2.37. The predicted molar refractivity (Wildman–Crippen MR) is 130 cm³/mol. The van der Waals surface area contributed by atoms with Crippen LogP contribution in [0.25, 0.3) is 11.8 Å². The van der Waals surface area contributed by atoms with Gasteiger partial charge in [0, 0.05) is 17.1 Å². The van der Waals surface area contributed by atoms with Gasteiger partial charge in [0.05, 0.1) is 5.69 Å². The largest absolute Gasteiger partial charge is 0.335 e. The minimum Gasteiger partial charge on any atom is -0.318 e. The smallest absolute Gasteiger partial charge is 0.318 e. The van der Waals surface area contributed by atoms with Crippen LogP contribution in [0.2, 0.25) is 0 Å². The zero-order valence-electron chi connectivity index (χ0n) is 19.5. The monoisotopic (exact) mass is 441 g/mol. The number of urea groups is 1. The van der Waals surface area contributed by atoms with E-state index in [9.17, 15) is 14.4 Å². The summed E-state index contributed by atoms with van der Waals surface area (Å²) in [5.74, 6) is -1.33. The number of anilines is 1. The molecule has 6 nitrogen and oxygen atoms in total. The van der Waals surface area contributed by atoms with E-state index in [1.807, 2.05) is 39.0 Å². The van der Waals surface area contributed by atoms with Gasteiger partial charge in [0.25, 0.3) is 11.8 Å². The van der Waals surface area contributed by atoms with E-state index in [2.05, 4.69) is 41.9 Å². The fraction of sp³-hybridized carbons (Fsp3) is 0.222. The summed E-state index contributed by atoms with van der Waals surface area (Å²) < 4.78 is 2.10. The Bertz CT molecular complexity index is 1290. The number of hydrogen-bond donors (Lipinski definition) is 1. The zero-order valence-corrected chi connectivity index (χ0v) is 19.5. The molecule has 168 valence electrons. The highest BCUT2D eigenvalue weighted by atomic mass is 16.2. The van der Waals surface area contributed by atoms with Crippen LogP contribution in [0.4, 0.5) is 10.5 Å². The number of aromatic nitrogens is 1. The molecule has 0 saturated carbocycles. The molecule has 1 aromatic heterocycles. The third kappa shape index (κ3) is 4.12. The van der Waals surface area contributed by atoms with Crippen LogP contribution in [0.1, 0.15) is 40.6 Å². The number of hydrogen-bond acceptors (Lipinski definition) is 3. The lowest BCUT2D eigenvalue weighted by Gasteiger charge is -2.26. The normalized spacial score (nSPS) is 15.4. The first-order chi connectivity index (χ1) is 15.7. The molecule has 1 fully saturated rings. The van der Waals surface area contributed by atoms with Gasteiger partial charge in [-0.1, -0.05) is 25.1 Å². The van der Waals surface area contributed by atoms with Crippen LogP contribution in [-0.2, 0) is 16.0 Å². The van der Waals surface area contributed by atoms with Crippen LogP contribution in [0.15, 0.2) is 54.1 Å². The lowest BCUT2D eigenvalue weighted by Crippen LogP contribution is -2.54. The third-order valence-electron chi connectivity index (χ3n) is 5.94. The number of amides is 4. The first-order valence-corrected chi connectivity index (χ1v) is 11.0. The second-order valence-corrected chi connectivity index (χ2v) is 8.49. The van der Waals surface area contributed by atoms with Gasteiger partial charge >= 0.3 is 6.03 Å². The summed E-state index contributed by atoms with van der Waals surface area (Å²) in [7, 11) is 0. The maximum absolute atomic E-state index is 13.2. The average molecular weight is 442 g/mol. The zero-order chi connectivity index (χ0) is 23.9. The molecular formula is C27H27N3O3. The standard InChI is InChI=1S/C27H27N3O3/c1-6-20-7-9-22(10-8-20)30-26(32)24(25(31)28-27(30)33)15-21-14-18(4)29(19(21)5)23-12-16(2)11-17(3)13-23/h7-15H,6H2,1-5H3,(H,28,31,33)/b24-15-. The summed E-state index contributed by atoms with van der Waals surface area (Å²) in [5.41, 5.74) is 7.42. The molecule has 1 aliphatic heterocycles. The SMILES string of the molecule is CCc1ccc(N2C(=O)NC(=O)/C(=C/c3cc(C)n(-c4cc(C)cc(C)c4)c3C)C2=O)cc1. The summed E-state index contributed by atoms with van der Waals surface area (Å²) in [4.78, 5) is 39.3. The summed E-state index contributed by atoms with van der Waals surface area (Å²) in [6.45, 7) is 10.1. The van der Waals surface area contributed by atoms with Crippen molar-refractivity contribution in [2.75, 3.05) is 4.90 Å². The summed E-state index contributed by atoms with van der Waals surface area (Å²) >= 11 is 0. The molecule has 4 amide bonds. The van der Waals surface area contributed by atoms with Crippen molar-refractivity contribution in [3.63, 3.8) is 0 Å². The number of nitrogens with zero attached hydrogens (tertiary/aromatic N) is 2. The highest BCUT2D eigenvalue weighted by Crippen LogP contribution is 2.27. The fourth-order valence-electron chi connectivity index (χ4n) is 4.34. The molecule has 1 aliphatic rings. The Kier molecular flexibility index (Phi) is 5.77. The van der Waals surface area contributed by atoms with E-state index in [4.69, 9.17) is 0 Å². The van der Waals surface area contributed by atoms with Gasteiger partial charge in [-0.05, 0) is 92.8 Å². The fourth-order valence-corrected chi connectivity index (χ4v) is 4.34.